The van der Waals surface area contributed by atoms with Crippen molar-refractivity contribution in [3.63, 3.8) is 0 Å². The van der Waals surface area contributed by atoms with Crippen LogP contribution >= 0.6 is 0 Å². The second-order valence-electron chi connectivity index (χ2n) is 8.24. The van der Waals surface area contributed by atoms with Crippen LogP contribution in [0.3, 0.4) is 0 Å². The lowest BCUT2D eigenvalue weighted by molar-refractivity contribution is 0.475. The maximum atomic E-state index is 9.58. The number of phenols is 2. The van der Waals surface area contributed by atoms with Crippen molar-refractivity contribution in [2.24, 2.45) is 0 Å². The fourth-order valence-electron chi connectivity index (χ4n) is 4.40. The summed E-state index contributed by atoms with van der Waals surface area (Å²) in [5.74, 6) is 0.564. The molecule has 0 saturated heterocycles. The van der Waals surface area contributed by atoms with Crippen molar-refractivity contribution in [1.29, 1.82) is 0 Å². The Balaban J connectivity index is 0.000000728. The Bertz CT molecular complexity index is 1120. The molecule has 2 nitrogen and oxygen atoms in total. The molecule has 170 valence electrons. The van der Waals surface area contributed by atoms with Crippen molar-refractivity contribution in [3.8, 4) is 44.9 Å². The summed E-state index contributed by atoms with van der Waals surface area (Å²) in [6, 6.07) is 28.0. The fraction of sp³-hybridized carbons (Fsp3) is 0.226. The lowest BCUT2D eigenvalue weighted by atomic mass is 9.81. The van der Waals surface area contributed by atoms with Gasteiger partial charge in [0.05, 0.1) is 0 Å². The summed E-state index contributed by atoms with van der Waals surface area (Å²) < 4.78 is 0. The predicted octanol–water partition coefficient (Wildman–Crippen LogP) is 8.79. The average Bonchev–Trinajstić information content (AvgIpc) is 3.08. The van der Waals surface area contributed by atoms with E-state index in [2.05, 4.69) is 50.2 Å². The Hall–Kier alpha value is -3.52. The second kappa shape index (κ2) is 9.95. The van der Waals surface area contributed by atoms with Gasteiger partial charge in [0.2, 0.25) is 0 Å². The maximum Gasteiger partial charge on any atom is 0.115 e. The molecular weight excluding hydrogens is 404 g/mol. The lowest BCUT2D eigenvalue weighted by Crippen LogP contribution is -2.15. The number of fused-ring (bicyclic) bond motifs is 3. The Morgan fingerprint density at radius 1 is 0.455 bits per heavy atom. The van der Waals surface area contributed by atoms with Crippen molar-refractivity contribution >= 4 is 0 Å². The zero-order valence-corrected chi connectivity index (χ0v) is 20.5. The van der Waals surface area contributed by atoms with E-state index in [1.807, 2.05) is 52.0 Å². The highest BCUT2D eigenvalue weighted by Gasteiger charge is 2.35. The highest BCUT2D eigenvalue weighted by molar-refractivity contribution is 5.85. The largest absolute Gasteiger partial charge is 0.508 e. The normalized spacial score (nSPS) is 12.4. The number of phenolic OH excluding ortho intramolecular Hbond substituents is 2. The first-order valence-electron chi connectivity index (χ1n) is 11.8. The Kier molecular flexibility index (Phi) is 7.28. The zero-order chi connectivity index (χ0) is 24.2. The molecule has 2 heteroatoms. The summed E-state index contributed by atoms with van der Waals surface area (Å²) >= 11 is 0. The van der Waals surface area contributed by atoms with Gasteiger partial charge in [0.15, 0.2) is 0 Å². The first-order chi connectivity index (χ1) is 15.9. The summed E-state index contributed by atoms with van der Waals surface area (Å²) in [6.45, 7) is 12.6. The van der Waals surface area contributed by atoms with Gasteiger partial charge < -0.3 is 10.2 Å². The molecule has 0 fully saturated rings. The van der Waals surface area contributed by atoms with E-state index in [1.165, 1.54) is 22.3 Å². The summed E-state index contributed by atoms with van der Waals surface area (Å²) in [7, 11) is 0. The van der Waals surface area contributed by atoms with Crippen LogP contribution in [0.1, 0.15) is 52.7 Å². The van der Waals surface area contributed by atoms with Gasteiger partial charge in [-0.2, -0.15) is 0 Å². The third-order valence-corrected chi connectivity index (χ3v) is 6.08. The molecule has 0 saturated carbocycles. The van der Waals surface area contributed by atoms with E-state index < -0.39 is 0 Å². The van der Waals surface area contributed by atoms with Gasteiger partial charge in [-0.25, -0.2) is 0 Å². The smallest absolute Gasteiger partial charge is 0.115 e. The Labute approximate surface area is 198 Å². The van der Waals surface area contributed by atoms with E-state index in [1.54, 1.807) is 24.3 Å². The van der Waals surface area contributed by atoms with Gasteiger partial charge in [-0.1, -0.05) is 90.1 Å². The van der Waals surface area contributed by atoms with Crippen LogP contribution in [0.4, 0.5) is 0 Å². The third kappa shape index (κ3) is 4.52. The second-order valence-corrected chi connectivity index (χ2v) is 8.24. The molecule has 0 unspecified atom stereocenters. The molecule has 4 aromatic carbocycles. The number of aromatic hydroxyl groups is 2. The number of rotatable bonds is 2. The van der Waals surface area contributed by atoms with Gasteiger partial charge in [0, 0.05) is 5.41 Å². The molecular formula is C31H34O2. The summed E-state index contributed by atoms with van der Waals surface area (Å²) in [4.78, 5) is 0. The molecule has 33 heavy (non-hydrogen) atoms. The van der Waals surface area contributed by atoms with Crippen LogP contribution in [-0.4, -0.2) is 10.2 Å². The van der Waals surface area contributed by atoms with E-state index in [-0.39, 0.29) is 16.9 Å². The van der Waals surface area contributed by atoms with Crippen molar-refractivity contribution in [2.75, 3.05) is 0 Å². The van der Waals surface area contributed by atoms with Gasteiger partial charge in [-0.05, 0) is 80.9 Å². The fourth-order valence-corrected chi connectivity index (χ4v) is 4.40. The van der Waals surface area contributed by atoms with Crippen LogP contribution in [0, 0.1) is 0 Å². The highest BCUT2D eigenvalue weighted by atomic mass is 16.3. The quantitative estimate of drug-likeness (QED) is 0.328. The van der Waals surface area contributed by atoms with Gasteiger partial charge in [-0.3, -0.25) is 0 Å². The molecule has 0 atom stereocenters. The number of benzene rings is 4. The van der Waals surface area contributed by atoms with Crippen LogP contribution in [-0.2, 0) is 5.41 Å². The monoisotopic (exact) mass is 438 g/mol. The molecule has 0 amide bonds. The number of hydrogen-bond acceptors (Lipinski definition) is 2. The zero-order valence-electron chi connectivity index (χ0n) is 20.5. The molecule has 4 aromatic rings. The van der Waals surface area contributed by atoms with Gasteiger partial charge in [-0.15, -0.1) is 0 Å². The van der Waals surface area contributed by atoms with E-state index in [0.29, 0.717) is 0 Å². The summed E-state index contributed by atoms with van der Waals surface area (Å²) in [6.07, 6.45) is 0. The SMILES string of the molecule is CC.CC.CC1(C)c2cc(-c3ccc(O)cc3)ccc2-c2ccc(-c3ccc(O)cc3)cc21. The molecule has 5 rings (SSSR count). The predicted molar refractivity (Wildman–Crippen MR) is 141 cm³/mol. The van der Waals surface area contributed by atoms with Gasteiger partial charge in [0.1, 0.15) is 11.5 Å². The topological polar surface area (TPSA) is 40.5 Å². The molecule has 0 aliphatic heterocycles. The molecule has 0 bridgehead atoms. The van der Waals surface area contributed by atoms with Gasteiger partial charge in [0.25, 0.3) is 0 Å². The van der Waals surface area contributed by atoms with Crippen LogP contribution in [0.5, 0.6) is 11.5 Å². The summed E-state index contributed by atoms with van der Waals surface area (Å²) in [5, 5.41) is 19.2. The van der Waals surface area contributed by atoms with E-state index >= 15 is 0 Å². The molecule has 0 radical (unpaired) electrons. The number of hydrogen-bond donors (Lipinski definition) is 2. The van der Waals surface area contributed by atoms with E-state index in [9.17, 15) is 10.2 Å². The molecule has 0 heterocycles. The molecule has 1 aliphatic rings. The van der Waals surface area contributed by atoms with Crippen LogP contribution in [0.2, 0.25) is 0 Å². The third-order valence-electron chi connectivity index (χ3n) is 6.08. The van der Waals surface area contributed by atoms with Crippen molar-refractivity contribution in [2.45, 2.75) is 47.0 Å². The maximum absolute atomic E-state index is 9.58. The summed E-state index contributed by atoms with van der Waals surface area (Å²) in [5.41, 5.74) is 9.61. The first kappa shape index (κ1) is 24.1. The Morgan fingerprint density at radius 2 is 0.758 bits per heavy atom. The molecule has 1 aliphatic carbocycles. The standard InChI is InChI=1S/C27H22O2.2C2H6/c1-27(2)25-15-19(17-3-9-21(28)10-4-17)7-13-23(25)24-14-8-20(16-26(24)27)18-5-11-22(29)12-6-18;2*1-2/h3-16,28-29H,1-2H3;2*1-2H3. The van der Waals surface area contributed by atoms with Crippen molar-refractivity contribution in [3.05, 3.63) is 96.1 Å². The molecule has 0 aromatic heterocycles. The average molecular weight is 439 g/mol. The van der Waals surface area contributed by atoms with Crippen LogP contribution < -0.4 is 0 Å². The van der Waals surface area contributed by atoms with E-state index in [4.69, 9.17) is 0 Å². The van der Waals surface area contributed by atoms with Crippen LogP contribution in [0.15, 0.2) is 84.9 Å². The van der Waals surface area contributed by atoms with Crippen molar-refractivity contribution < 1.29 is 10.2 Å². The minimum atomic E-state index is -0.107. The minimum Gasteiger partial charge on any atom is -0.508 e. The van der Waals surface area contributed by atoms with Crippen molar-refractivity contribution in [1.82, 2.24) is 0 Å². The lowest BCUT2D eigenvalue weighted by Gasteiger charge is -2.22. The first-order valence-corrected chi connectivity index (χ1v) is 11.8. The highest BCUT2D eigenvalue weighted by Crippen LogP contribution is 2.50. The molecule has 2 N–H and O–H groups in total. The minimum absolute atomic E-state index is 0.107. The van der Waals surface area contributed by atoms with Gasteiger partial charge >= 0.3 is 0 Å². The van der Waals surface area contributed by atoms with E-state index in [0.717, 1.165) is 22.3 Å². The Morgan fingerprint density at radius 3 is 1.09 bits per heavy atom. The molecule has 0 spiro atoms. The van der Waals surface area contributed by atoms with Crippen LogP contribution in [0.25, 0.3) is 33.4 Å².